The molecule has 3 heterocycles. The van der Waals surface area contributed by atoms with Crippen molar-refractivity contribution in [2.75, 3.05) is 27.6 Å². The number of rotatable bonds is 4. The van der Waals surface area contributed by atoms with Gasteiger partial charge in [-0.25, -0.2) is 4.79 Å². The van der Waals surface area contributed by atoms with Crippen LogP contribution in [0.5, 0.6) is 17.2 Å². The molecule has 0 radical (unpaired) electrons. The van der Waals surface area contributed by atoms with Gasteiger partial charge < -0.3 is 38.3 Å². The van der Waals surface area contributed by atoms with E-state index in [-0.39, 0.29) is 42.5 Å². The molecule has 5 aliphatic rings. The van der Waals surface area contributed by atoms with Crippen molar-refractivity contribution in [1.82, 2.24) is 0 Å². The van der Waals surface area contributed by atoms with E-state index in [0.717, 1.165) is 0 Å². The summed E-state index contributed by atoms with van der Waals surface area (Å²) in [5, 5.41) is 12.6. The van der Waals surface area contributed by atoms with Crippen LogP contribution >= 0.6 is 0 Å². The fourth-order valence-corrected chi connectivity index (χ4v) is 6.60. The number of hydrogen-bond acceptors (Lipinski definition) is 10. The molecule has 2 aliphatic carbocycles. The number of fused-ring (bicyclic) bond motifs is 2. The molecule has 10 heteroatoms. The zero-order valence-corrected chi connectivity index (χ0v) is 21.6. The molecular formula is C27H30O10. The van der Waals surface area contributed by atoms with Gasteiger partial charge in [0.2, 0.25) is 24.1 Å². The van der Waals surface area contributed by atoms with Crippen LogP contribution in [0.3, 0.4) is 0 Å². The molecule has 1 aromatic carbocycles. The number of hydrogen-bond donors (Lipinski definition) is 1. The third kappa shape index (κ3) is 2.67. The zero-order valence-electron chi connectivity index (χ0n) is 21.6. The van der Waals surface area contributed by atoms with E-state index in [1.54, 1.807) is 26.0 Å². The second kappa shape index (κ2) is 7.88. The Kier molecular flexibility index (Phi) is 5.14. The van der Waals surface area contributed by atoms with Gasteiger partial charge in [-0.15, -0.1) is 0 Å². The number of ketones is 1. The third-order valence-electron chi connectivity index (χ3n) is 8.87. The Morgan fingerprint density at radius 3 is 2.57 bits per heavy atom. The predicted molar refractivity (Wildman–Crippen MR) is 126 cm³/mol. The zero-order chi connectivity index (χ0) is 26.4. The average Bonchev–Trinajstić information content (AvgIpc) is 3.52. The Morgan fingerprint density at radius 2 is 1.89 bits per heavy atom. The van der Waals surface area contributed by atoms with E-state index in [9.17, 15) is 14.7 Å². The summed E-state index contributed by atoms with van der Waals surface area (Å²) in [5.74, 6) is -0.481. The van der Waals surface area contributed by atoms with Gasteiger partial charge in [-0.2, -0.15) is 0 Å². The Hall–Kier alpha value is -3.24. The highest BCUT2D eigenvalue weighted by atomic mass is 16.7. The number of benzene rings is 1. The molecule has 1 spiro atoms. The highest BCUT2D eigenvalue weighted by molar-refractivity contribution is 6.07. The van der Waals surface area contributed by atoms with Crippen LogP contribution in [0.4, 0.5) is 0 Å². The quantitative estimate of drug-likeness (QED) is 0.474. The number of carbonyl (C=O) groups is 2. The molecule has 0 amide bonds. The molecule has 1 fully saturated rings. The number of allylic oxidation sites excluding steroid dienone is 2. The molecule has 0 aromatic heterocycles. The van der Waals surface area contributed by atoms with E-state index in [1.807, 2.05) is 13.8 Å². The lowest BCUT2D eigenvalue weighted by molar-refractivity contribution is -0.334. The first-order valence-electron chi connectivity index (χ1n) is 12.4. The van der Waals surface area contributed by atoms with Gasteiger partial charge in [0.25, 0.3) is 0 Å². The molecule has 6 rings (SSSR count). The van der Waals surface area contributed by atoms with Crippen LogP contribution in [0.25, 0.3) is 0 Å². The van der Waals surface area contributed by atoms with Crippen LogP contribution in [0, 0.1) is 11.8 Å². The maximum Gasteiger partial charge on any atom is 0.333 e. The summed E-state index contributed by atoms with van der Waals surface area (Å²) >= 11 is 0. The van der Waals surface area contributed by atoms with E-state index in [1.165, 1.54) is 14.2 Å². The number of carbonyl (C=O) groups excluding carboxylic acids is 2. The second-order valence-corrected chi connectivity index (χ2v) is 10.3. The molecule has 198 valence electrons. The fraction of sp³-hybridized carbons (Fsp3) is 0.556. The lowest BCUT2D eigenvalue weighted by Gasteiger charge is -2.64. The minimum absolute atomic E-state index is 0.0285. The van der Waals surface area contributed by atoms with Gasteiger partial charge >= 0.3 is 5.97 Å². The lowest BCUT2D eigenvalue weighted by atomic mass is 9.50. The summed E-state index contributed by atoms with van der Waals surface area (Å²) < 4.78 is 41.0. The van der Waals surface area contributed by atoms with E-state index >= 15 is 0 Å². The standard InChI is InChI=1S/C27H30O10/c1-7-11(2)25(29)36-17-12(3)13(4)23-27(30)24(37-23)21(32-6)20(31-5)22(28)26(27)9-33-19-16(26)14(17)8-15-18(19)35-10-34-15/h7-8,12-13,17,23-24,30H,9-10H2,1-6H3/b11-7-/t12-,13+,17-,23+,24-,26+,27?/m1/s1. The Bertz CT molecular complexity index is 1280. The van der Waals surface area contributed by atoms with Crippen molar-refractivity contribution in [3.63, 3.8) is 0 Å². The number of methoxy groups -OCH3 is 2. The first-order valence-corrected chi connectivity index (χ1v) is 12.4. The second-order valence-electron chi connectivity index (χ2n) is 10.3. The van der Waals surface area contributed by atoms with E-state index < -0.39 is 41.1 Å². The topological polar surface area (TPSA) is 119 Å². The smallest absolute Gasteiger partial charge is 0.333 e. The largest absolute Gasteiger partial charge is 0.494 e. The van der Waals surface area contributed by atoms with Crippen molar-refractivity contribution < 1.29 is 47.9 Å². The molecule has 1 N–H and O–H groups in total. The number of Topliss-reactive ketones (excluding diaryl/α,β-unsaturated/α-hetero) is 1. The van der Waals surface area contributed by atoms with Gasteiger partial charge in [0, 0.05) is 22.6 Å². The van der Waals surface area contributed by atoms with Gasteiger partial charge in [0.15, 0.2) is 23.4 Å². The van der Waals surface area contributed by atoms with Gasteiger partial charge in [0.1, 0.15) is 23.7 Å². The first-order chi connectivity index (χ1) is 17.7. The van der Waals surface area contributed by atoms with Crippen molar-refractivity contribution >= 4 is 11.8 Å². The molecule has 3 aliphatic heterocycles. The fourth-order valence-electron chi connectivity index (χ4n) is 6.60. The third-order valence-corrected chi connectivity index (χ3v) is 8.87. The van der Waals surface area contributed by atoms with Gasteiger partial charge in [-0.1, -0.05) is 19.9 Å². The van der Waals surface area contributed by atoms with Crippen LogP contribution < -0.4 is 14.2 Å². The molecular weight excluding hydrogens is 484 g/mol. The molecule has 10 nitrogen and oxygen atoms in total. The average molecular weight is 515 g/mol. The number of ether oxygens (including phenoxy) is 7. The minimum atomic E-state index is -1.72. The molecule has 0 saturated carbocycles. The van der Waals surface area contributed by atoms with Crippen LogP contribution in [-0.2, 0) is 34.0 Å². The maximum atomic E-state index is 14.4. The van der Waals surface area contributed by atoms with Crippen molar-refractivity contribution in [2.45, 2.75) is 57.0 Å². The van der Waals surface area contributed by atoms with Crippen molar-refractivity contribution in [3.05, 3.63) is 40.4 Å². The van der Waals surface area contributed by atoms with E-state index in [4.69, 9.17) is 33.2 Å². The van der Waals surface area contributed by atoms with Crippen molar-refractivity contribution in [2.24, 2.45) is 11.8 Å². The summed E-state index contributed by atoms with van der Waals surface area (Å²) in [6.07, 6.45) is -0.851. The van der Waals surface area contributed by atoms with Gasteiger partial charge in [0.05, 0.1) is 20.3 Å². The molecule has 0 bridgehead atoms. The van der Waals surface area contributed by atoms with Crippen LogP contribution in [0.15, 0.2) is 29.2 Å². The summed E-state index contributed by atoms with van der Waals surface area (Å²) in [6.45, 7) is 7.09. The van der Waals surface area contributed by atoms with E-state index in [2.05, 4.69) is 0 Å². The number of esters is 1. The molecule has 1 unspecified atom stereocenters. The summed E-state index contributed by atoms with van der Waals surface area (Å²) in [6, 6.07) is 1.73. The van der Waals surface area contributed by atoms with Gasteiger partial charge in [-0.05, 0) is 25.8 Å². The predicted octanol–water partition coefficient (Wildman–Crippen LogP) is 2.47. The maximum absolute atomic E-state index is 14.4. The number of aliphatic hydroxyl groups is 1. The van der Waals surface area contributed by atoms with Crippen molar-refractivity contribution in [1.29, 1.82) is 0 Å². The highest BCUT2D eigenvalue weighted by Crippen LogP contribution is 2.67. The minimum Gasteiger partial charge on any atom is -0.494 e. The van der Waals surface area contributed by atoms with Gasteiger partial charge in [-0.3, -0.25) is 4.79 Å². The lowest BCUT2D eigenvalue weighted by Crippen LogP contribution is -2.82. The summed E-state index contributed by atoms with van der Waals surface area (Å²) in [5.41, 5.74) is -1.95. The first kappa shape index (κ1) is 24.1. The molecule has 37 heavy (non-hydrogen) atoms. The molecule has 1 aromatic rings. The normalized spacial score (nSPS) is 37.0. The monoisotopic (exact) mass is 514 g/mol. The molecule has 7 atom stereocenters. The highest BCUT2D eigenvalue weighted by Gasteiger charge is 2.80. The molecule has 1 saturated heterocycles. The Balaban J connectivity index is 1.67. The van der Waals surface area contributed by atoms with Crippen LogP contribution in [-0.4, -0.2) is 62.3 Å². The SMILES string of the molecule is C/C=C(/C)C(=O)O[C@H]1c2cc3c(c4c2[C@@]2(CO4)C(=O)C(OC)=C(OC)[C@H]4O[C@@H]([C@@H](C)[C@H]1C)C42O)OCO3. The summed E-state index contributed by atoms with van der Waals surface area (Å²) in [7, 11) is 2.79. The van der Waals surface area contributed by atoms with Crippen LogP contribution in [0.1, 0.15) is 44.9 Å². The van der Waals surface area contributed by atoms with Crippen LogP contribution in [0.2, 0.25) is 0 Å². The van der Waals surface area contributed by atoms with Crippen molar-refractivity contribution in [3.8, 4) is 17.2 Å². The van der Waals surface area contributed by atoms with E-state index in [0.29, 0.717) is 28.2 Å². The Morgan fingerprint density at radius 1 is 1.14 bits per heavy atom. The Labute approximate surface area is 214 Å². The summed E-state index contributed by atoms with van der Waals surface area (Å²) in [4.78, 5) is 27.4.